The van der Waals surface area contributed by atoms with Gasteiger partial charge in [-0.05, 0) is 133 Å². The molecule has 2 rings (SSSR count). The van der Waals surface area contributed by atoms with E-state index in [1.165, 1.54) is 12.2 Å². The molecule has 0 saturated carbocycles. The number of aliphatic hydroxyl groups is 20. The first-order chi connectivity index (χ1) is 46.6. The molecule has 0 aromatic heterocycles. The largest absolute Gasteiger partial charge is 0.397 e. The van der Waals surface area contributed by atoms with E-state index in [1.54, 1.807) is 32.9 Å². The van der Waals surface area contributed by atoms with E-state index in [9.17, 15) is 110 Å². The fourth-order valence-electron chi connectivity index (χ4n) is 12.1. The Balaban J connectivity index is 1.81. The maximum atomic E-state index is 12.6. The maximum Gasteiger partial charge on any atom is 0.397 e. The van der Waals surface area contributed by atoms with Crippen molar-refractivity contribution in [2.45, 2.75) is 321 Å². The van der Waals surface area contributed by atoms with Crippen LogP contribution in [-0.4, -0.2) is 274 Å². The summed E-state index contributed by atoms with van der Waals surface area (Å²) < 4.78 is 48.1. The molecule has 2 aliphatic rings. The van der Waals surface area contributed by atoms with Gasteiger partial charge in [0, 0.05) is 32.1 Å². The van der Waals surface area contributed by atoms with Crippen LogP contribution in [0.1, 0.15) is 175 Å². The molecule has 0 spiro atoms. The first-order valence-corrected chi connectivity index (χ1v) is 36.3. The highest BCUT2D eigenvalue weighted by molar-refractivity contribution is 7.80. The van der Waals surface area contributed by atoms with Crippen molar-refractivity contribution >= 4 is 16.2 Å². The van der Waals surface area contributed by atoms with Crippen molar-refractivity contribution < 1.29 is 134 Å². The lowest BCUT2D eigenvalue weighted by Crippen LogP contribution is -2.59. The lowest BCUT2D eigenvalue weighted by atomic mass is 9.86. The van der Waals surface area contributed by atoms with Gasteiger partial charge < -0.3 is 112 Å². The lowest BCUT2D eigenvalue weighted by Gasteiger charge is -2.42. The number of ether oxygens (including phenoxy) is 2. The Morgan fingerprint density at radius 1 is 0.566 bits per heavy atom. The summed E-state index contributed by atoms with van der Waals surface area (Å²) in [6.45, 7) is 11.9. The van der Waals surface area contributed by atoms with Crippen LogP contribution in [0.5, 0.6) is 0 Å². The second-order valence-electron chi connectivity index (χ2n) is 27.2. The molecular formula is C71H122O27S. The van der Waals surface area contributed by atoms with Crippen molar-refractivity contribution in [3.63, 3.8) is 0 Å². The fraction of sp³-hybridized carbons (Fsp3) is 0.761. The molecular weight excluding hydrogens is 1320 g/mol. The van der Waals surface area contributed by atoms with Crippen LogP contribution < -0.4 is 0 Å². The van der Waals surface area contributed by atoms with E-state index in [-0.39, 0.29) is 121 Å². The van der Waals surface area contributed by atoms with E-state index in [4.69, 9.17) is 23.3 Å². The summed E-state index contributed by atoms with van der Waals surface area (Å²) in [7, 11) is -4.75. The molecule has 2 aliphatic heterocycles. The molecule has 0 radical (unpaired) electrons. The molecule has 2 saturated heterocycles. The average Bonchev–Trinajstić information content (AvgIpc) is 1.20. The molecule has 2 heterocycles. The third-order valence-electron chi connectivity index (χ3n) is 18.3. The molecule has 0 aromatic carbocycles. The van der Waals surface area contributed by atoms with E-state index >= 15 is 0 Å². The molecule has 0 amide bonds. The summed E-state index contributed by atoms with van der Waals surface area (Å²) >= 11 is 0. The van der Waals surface area contributed by atoms with Gasteiger partial charge >= 0.3 is 10.4 Å². The van der Waals surface area contributed by atoms with Gasteiger partial charge in [0.2, 0.25) is 0 Å². The highest BCUT2D eigenvalue weighted by atomic mass is 32.3. The fourth-order valence-corrected chi connectivity index (χ4v) is 12.6. The van der Waals surface area contributed by atoms with E-state index in [0.29, 0.717) is 37.7 Å². The van der Waals surface area contributed by atoms with Crippen LogP contribution in [-0.2, 0) is 28.9 Å². The van der Waals surface area contributed by atoms with E-state index in [1.807, 2.05) is 48.6 Å². The highest BCUT2D eigenvalue weighted by Gasteiger charge is 2.47. The van der Waals surface area contributed by atoms with Gasteiger partial charge in [-0.25, -0.2) is 4.18 Å². The topological polar surface area (TPSA) is 504 Å². The molecule has 26 atom stereocenters. The Hall–Kier alpha value is -3.42. The zero-order valence-electron chi connectivity index (χ0n) is 57.8. The molecule has 0 bridgehead atoms. The SMILES string of the molecule is C=C/C=C/CC/C=C/C=C/C=C/CC/C=C/[C@H](O)[C@H](O)[C@@H]1O[C@@H]([C@H](O)[C@H](O)C(=C)CC[C@@H](O)C2C[C@@H](O)[C@@H](O)[C@H]([C@@H](O)[C@H](O)/C=C(\C)CCC(O)CC(O)C(O)C(C)CC(O)C(O)CC(C)CCC(O)CC(=O)CC(O)CCCC(CCCCC(O)CO)OS(=O)(=O)O)O2)C[C@@H](O)[C@H]1O. The Bertz CT molecular complexity index is 2530. The Morgan fingerprint density at radius 3 is 1.67 bits per heavy atom. The standard InChI is InChI=1S/C71H122O27S/c1-6-7-8-9-10-11-12-13-14-15-16-17-18-19-27-54(79)65(88)70-68(91)60(85)41-62(97-70)69(92)64(87)45(4)30-33-53(78)61-40-59(84)67(90)71(96-61)66(89)57(82)35-44(3)29-32-49(75)39-58(83)63(86)46(5)36-56(81)55(80)34-43(2)28-31-48(74)38-51(77)37-47(73)24-22-26-52(98-99(93,94)95)25-21-20-23-50(76)42-72/h6-8,11-16,19,27,35,43,46-50,52-76,78-92H,1,4,9-10,17-18,20-26,28-34,36-42H2,2-3,5H3,(H,93,94,95)/b8-7+,12-11+,14-13+,16-15+,27-19+,44-35+/t43?,46?,47?,48?,49?,50?,52?,53-,54+,55?,56?,57-,58?,59-,60-,61?,62-,63?,64-,65+,66+,67-,68-,69+,70+,71+/m1/s1. The number of carbonyl (C=O) groups is 1. The summed E-state index contributed by atoms with van der Waals surface area (Å²) in [5, 5.41) is 214. The third-order valence-corrected chi connectivity index (χ3v) is 18.8. The molecule has 28 heteroatoms. The number of Topliss-reactive ketones (excluding diaryl/α,β-unsaturated/α-hetero) is 1. The molecule has 12 unspecified atom stereocenters. The average molecular weight is 1440 g/mol. The summed E-state index contributed by atoms with van der Waals surface area (Å²) in [5.41, 5.74) is 0.435. The minimum atomic E-state index is -4.75. The minimum Gasteiger partial charge on any atom is -0.394 e. The van der Waals surface area contributed by atoms with E-state index in [2.05, 4.69) is 13.2 Å². The van der Waals surface area contributed by atoms with E-state index < -0.39 is 175 Å². The van der Waals surface area contributed by atoms with Crippen LogP contribution in [0.15, 0.2) is 97.2 Å². The van der Waals surface area contributed by atoms with Gasteiger partial charge in [0.15, 0.2) is 0 Å². The minimum absolute atomic E-state index is 0.00967. The Labute approximate surface area is 584 Å². The van der Waals surface area contributed by atoms with Crippen LogP contribution in [0, 0.1) is 11.8 Å². The first-order valence-electron chi connectivity index (χ1n) is 34.9. The van der Waals surface area contributed by atoms with Gasteiger partial charge in [-0.3, -0.25) is 9.35 Å². The quantitative estimate of drug-likeness (QED) is 0.0176. The van der Waals surface area contributed by atoms with Gasteiger partial charge in [0.25, 0.3) is 0 Å². The number of allylic oxidation sites excluding steroid dienone is 11. The molecule has 574 valence electrons. The van der Waals surface area contributed by atoms with Crippen molar-refractivity contribution in [2.75, 3.05) is 6.61 Å². The predicted octanol–water partition coefficient (Wildman–Crippen LogP) is 1.23. The highest BCUT2D eigenvalue weighted by Crippen LogP contribution is 2.32. The first kappa shape index (κ1) is 91.7. The zero-order chi connectivity index (χ0) is 74.5. The number of ketones is 1. The second kappa shape index (κ2) is 49.3. The smallest absolute Gasteiger partial charge is 0.394 e. The number of rotatable bonds is 53. The number of hydrogen-bond acceptors (Lipinski definition) is 26. The van der Waals surface area contributed by atoms with Gasteiger partial charge in [-0.2, -0.15) is 8.42 Å². The molecule has 27 nitrogen and oxygen atoms in total. The summed E-state index contributed by atoms with van der Waals surface area (Å²) in [4.78, 5) is 12.6. The van der Waals surface area contributed by atoms with Crippen LogP contribution in [0.25, 0.3) is 0 Å². The molecule has 0 aliphatic carbocycles. The van der Waals surface area contributed by atoms with Gasteiger partial charge in [-0.1, -0.05) is 118 Å². The van der Waals surface area contributed by atoms with Gasteiger partial charge in [0.05, 0.1) is 92.1 Å². The van der Waals surface area contributed by atoms with Crippen molar-refractivity contribution in [2.24, 2.45) is 11.8 Å². The summed E-state index contributed by atoms with van der Waals surface area (Å²) in [5.74, 6) is -1.41. The predicted molar refractivity (Wildman–Crippen MR) is 368 cm³/mol. The maximum absolute atomic E-state index is 12.6. The summed E-state index contributed by atoms with van der Waals surface area (Å²) in [6.07, 6.45) is -9.58. The number of aliphatic hydroxyl groups excluding tert-OH is 20. The number of unbranched alkanes of at least 4 members (excludes halogenated alkanes) is 3. The van der Waals surface area contributed by atoms with Crippen LogP contribution in [0.3, 0.4) is 0 Å². The van der Waals surface area contributed by atoms with Crippen LogP contribution >= 0.6 is 0 Å². The summed E-state index contributed by atoms with van der Waals surface area (Å²) in [6, 6.07) is 0. The van der Waals surface area contributed by atoms with Crippen molar-refractivity contribution in [3.8, 4) is 0 Å². The van der Waals surface area contributed by atoms with Gasteiger partial charge in [0.1, 0.15) is 66.8 Å². The molecule has 0 aromatic rings. The van der Waals surface area contributed by atoms with E-state index in [0.717, 1.165) is 12.8 Å². The monoisotopic (exact) mass is 1440 g/mol. The Morgan fingerprint density at radius 2 is 1.08 bits per heavy atom. The number of hydrogen-bond donors (Lipinski definition) is 21. The molecule has 2 fully saturated rings. The number of carbonyl (C=O) groups excluding carboxylic acids is 1. The van der Waals surface area contributed by atoms with Gasteiger partial charge in [-0.15, -0.1) is 0 Å². The van der Waals surface area contributed by atoms with Crippen molar-refractivity contribution in [1.29, 1.82) is 0 Å². The normalized spacial score (nSPS) is 26.3. The van der Waals surface area contributed by atoms with Crippen molar-refractivity contribution in [1.82, 2.24) is 0 Å². The second-order valence-corrected chi connectivity index (χ2v) is 28.3. The zero-order valence-corrected chi connectivity index (χ0v) is 58.6. The molecule has 99 heavy (non-hydrogen) atoms. The lowest BCUT2D eigenvalue weighted by molar-refractivity contribution is -0.234. The van der Waals surface area contributed by atoms with Crippen LogP contribution in [0.2, 0.25) is 0 Å². The van der Waals surface area contributed by atoms with Crippen LogP contribution in [0.4, 0.5) is 0 Å². The van der Waals surface area contributed by atoms with Crippen molar-refractivity contribution in [3.05, 3.63) is 97.2 Å². The Kier molecular flexibility index (Phi) is 45.7. The molecule has 21 N–H and O–H groups in total. The third kappa shape index (κ3) is 37.2.